The highest BCUT2D eigenvalue weighted by molar-refractivity contribution is 7.92. The molecule has 0 saturated heterocycles. The van der Waals surface area contributed by atoms with Gasteiger partial charge in [0.15, 0.2) is 0 Å². The Balaban J connectivity index is 1.56. The van der Waals surface area contributed by atoms with Crippen molar-refractivity contribution < 1.29 is 27.1 Å². The van der Waals surface area contributed by atoms with Crippen LogP contribution in [0, 0.1) is 5.82 Å². The average Bonchev–Trinajstić information content (AvgIpc) is 2.78. The van der Waals surface area contributed by atoms with Crippen molar-refractivity contribution in [2.75, 3.05) is 22.5 Å². The molecule has 1 heterocycles. The van der Waals surface area contributed by atoms with Crippen LogP contribution in [0.5, 0.6) is 5.75 Å². The van der Waals surface area contributed by atoms with Gasteiger partial charge in [-0.25, -0.2) is 12.8 Å². The summed E-state index contributed by atoms with van der Waals surface area (Å²) >= 11 is 0. The number of amides is 2. The molecule has 0 bridgehead atoms. The predicted octanol–water partition coefficient (Wildman–Crippen LogP) is 3.70. The van der Waals surface area contributed by atoms with Crippen LogP contribution in [0.4, 0.5) is 21.5 Å². The molecule has 3 aromatic rings. The third-order valence-electron chi connectivity index (χ3n) is 5.13. The van der Waals surface area contributed by atoms with Crippen molar-refractivity contribution in [3.63, 3.8) is 0 Å². The normalized spacial score (nSPS) is 15.2. The van der Waals surface area contributed by atoms with Crippen LogP contribution in [0.2, 0.25) is 0 Å². The molecule has 4 rings (SSSR count). The Bertz CT molecular complexity index is 1340. The summed E-state index contributed by atoms with van der Waals surface area (Å²) in [6.45, 7) is 0. The lowest BCUT2D eigenvalue weighted by molar-refractivity contribution is -0.123. The number of fused-ring (bicyclic) bond motifs is 1. The predicted molar refractivity (Wildman–Crippen MR) is 121 cm³/mol. The van der Waals surface area contributed by atoms with E-state index < -0.39 is 33.6 Å². The minimum absolute atomic E-state index is 0.0740. The summed E-state index contributed by atoms with van der Waals surface area (Å²) in [6, 6.07) is 16.1. The number of hydrogen-bond donors (Lipinski definition) is 3. The number of anilines is 3. The highest BCUT2D eigenvalue weighted by Gasteiger charge is 2.31. The van der Waals surface area contributed by atoms with Crippen molar-refractivity contribution in [1.29, 1.82) is 0 Å². The molecule has 1 aliphatic rings. The van der Waals surface area contributed by atoms with Crippen LogP contribution < -0.4 is 20.1 Å². The van der Waals surface area contributed by atoms with Crippen LogP contribution in [0.1, 0.15) is 17.9 Å². The number of sulfonamides is 1. The van der Waals surface area contributed by atoms with E-state index in [9.17, 15) is 22.4 Å². The Labute approximate surface area is 189 Å². The van der Waals surface area contributed by atoms with Gasteiger partial charge in [-0.3, -0.25) is 14.3 Å². The lowest BCUT2D eigenvalue weighted by Crippen LogP contribution is -2.31. The first-order valence-corrected chi connectivity index (χ1v) is 11.4. The third-order valence-corrected chi connectivity index (χ3v) is 6.50. The first-order valence-electron chi connectivity index (χ1n) is 9.93. The molecule has 8 nitrogen and oxygen atoms in total. The first-order chi connectivity index (χ1) is 15.8. The second kappa shape index (κ2) is 8.91. The second-order valence-corrected chi connectivity index (χ2v) is 9.04. The fourth-order valence-electron chi connectivity index (χ4n) is 3.57. The van der Waals surface area contributed by atoms with Gasteiger partial charge >= 0.3 is 0 Å². The van der Waals surface area contributed by atoms with Crippen molar-refractivity contribution >= 4 is 38.9 Å². The van der Waals surface area contributed by atoms with Gasteiger partial charge in [0.2, 0.25) is 11.8 Å². The van der Waals surface area contributed by atoms with E-state index in [2.05, 4.69) is 15.4 Å². The molecule has 1 unspecified atom stereocenters. The smallest absolute Gasteiger partial charge is 0.262 e. The van der Waals surface area contributed by atoms with E-state index in [1.807, 2.05) is 0 Å². The zero-order valence-corrected chi connectivity index (χ0v) is 18.3. The highest BCUT2D eigenvalue weighted by atomic mass is 32.2. The highest BCUT2D eigenvalue weighted by Crippen LogP contribution is 2.34. The summed E-state index contributed by atoms with van der Waals surface area (Å²) in [5, 5.41) is 5.21. The maximum Gasteiger partial charge on any atom is 0.262 e. The SMILES string of the molecule is COc1ccccc1NS(=O)(=O)c1cccc(NC(=O)C2CC(=O)Nc3cc(F)ccc32)c1. The lowest BCUT2D eigenvalue weighted by atomic mass is 9.89. The summed E-state index contributed by atoms with van der Waals surface area (Å²) in [5.74, 6) is -1.94. The number of carbonyl (C=O) groups excluding carboxylic acids is 2. The van der Waals surface area contributed by atoms with Gasteiger partial charge in [-0.1, -0.05) is 24.3 Å². The number of ether oxygens (including phenoxy) is 1. The van der Waals surface area contributed by atoms with E-state index in [1.54, 1.807) is 24.3 Å². The Morgan fingerprint density at radius 3 is 2.67 bits per heavy atom. The van der Waals surface area contributed by atoms with Crippen molar-refractivity contribution in [2.24, 2.45) is 0 Å². The molecule has 3 aromatic carbocycles. The van der Waals surface area contributed by atoms with Crippen LogP contribution in [-0.2, 0) is 19.6 Å². The van der Waals surface area contributed by atoms with Gasteiger partial charge in [0.25, 0.3) is 10.0 Å². The standard InChI is InChI=1S/C23H20FN3O5S/c1-32-21-8-3-2-7-19(21)27-33(30,31)16-6-4-5-15(12-16)25-23(29)18-13-22(28)26-20-11-14(24)9-10-17(18)20/h2-12,18,27H,13H2,1H3,(H,25,29)(H,26,28). The monoisotopic (exact) mass is 469 g/mol. The zero-order chi connectivity index (χ0) is 23.6. The molecule has 0 saturated carbocycles. The minimum Gasteiger partial charge on any atom is -0.495 e. The molecule has 0 aromatic heterocycles. The van der Waals surface area contributed by atoms with E-state index in [0.29, 0.717) is 11.3 Å². The Hall–Kier alpha value is -3.92. The summed E-state index contributed by atoms with van der Waals surface area (Å²) in [7, 11) is -2.55. The Morgan fingerprint density at radius 1 is 1.09 bits per heavy atom. The average molecular weight is 469 g/mol. The topological polar surface area (TPSA) is 114 Å². The number of methoxy groups -OCH3 is 1. The molecule has 33 heavy (non-hydrogen) atoms. The Kier molecular flexibility index (Phi) is 6.01. The molecule has 2 amide bonds. The number of para-hydroxylation sites is 2. The molecule has 3 N–H and O–H groups in total. The second-order valence-electron chi connectivity index (χ2n) is 7.36. The van der Waals surface area contributed by atoms with Crippen molar-refractivity contribution in [3.05, 3.63) is 78.1 Å². The van der Waals surface area contributed by atoms with Gasteiger partial charge in [0.1, 0.15) is 11.6 Å². The molecule has 0 spiro atoms. The van der Waals surface area contributed by atoms with Crippen LogP contribution in [0.3, 0.4) is 0 Å². The summed E-state index contributed by atoms with van der Waals surface area (Å²) in [4.78, 5) is 24.9. The first kappa shape index (κ1) is 22.3. The summed E-state index contributed by atoms with van der Waals surface area (Å²) in [5.41, 5.74) is 1.22. The van der Waals surface area contributed by atoms with E-state index in [0.717, 1.165) is 6.07 Å². The zero-order valence-electron chi connectivity index (χ0n) is 17.5. The van der Waals surface area contributed by atoms with Crippen molar-refractivity contribution in [3.8, 4) is 5.75 Å². The van der Waals surface area contributed by atoms with E-state index in [1.165, 1.54) is 43.5 Å². The molecule has 1 atom stereocenters. The number of nitrogens with one attached hydrogen (secondary N) is 3. The fourth-order valence-corrected chi connectivity index (χ4v) is 4.69. The molecular formula is C23H20FN3O5S. The van der Waals surface area contributed by atoms with Crippen LogP contribution >= 0.6 is 0 Å². The van der Waals surface area contributed by atoms with Crippen molar-refractivity contribution in [1.82, 2.24) is 0 Å². The number of halogens is 1. The Morgan fingerprint density at radius 2 is 1.88 bits per heavy atom. The molecular weight excluding hydrogens is 449 g/mol. The van der Waals surface area contributed by atoms with E-state index in [4.69, 9.17) is 4.74 Å². The molecule has 10 heteroatoms. The molecule has 0 aliphatic carbocycles. The molecule has 0 radical (unpaired) electrons. The van der Waals surface area contributed by atoms with Gasteiger partial charge in [0.05, 0.1) is 23.6 Å². The fraction of sp³-hybridized carbons (Fsp3) is 0.130. The maximum absolute atomic E-state index is 13.5. The molecule has 170 valence electrons. The number of rotatable bonds is 6. The van der Waals surface area contributed by atoms with Gasteiger partial charge in [0, 0.05) is 17.8 Å². The summed E-state index contributed by atoms with van der Waals surface area (Å²) in [6.07, 6.45) is -0.113. The third kappa shape index (κ3) is 4.80. The number of carbonyl (C=O) groups is 2. The summed E-state index contributed by atoms with van der Waals surface area (Å²) < 4.78 is 46.9. The van der Waals surface area contributed by atoms with Crippen LogP contribution in [0.25, 0.3) is 0 Å². The van der Waals surface area contributed by atoms with Gasteiger partial charge in [-0.15, -0.1) is 0 Å². The van der Waals surface area contributed by atoms with Crippen LogP contribution in [-0.4, -0.2) is 27.3 Å². The van der Waals surface area contributed by atoms with Gasteiger partial charge < -0.3 is 15.4 Å². The van der Waals surface area contributed by atoms with E-state index in [-0.39, 0.29) is 28.4 Å². The van der Waals surface area contributed by atoms with Crippen LogP contribution in [0.15, 0.2) is 71.6 Å². The van der Waals surface area contributed by atoms with Gasteiger partial charge in [-0.2, -0.15) is 0 Å². The molecule has 1 aliphatic heterocycles. The van der Waals surface area contributed by atoms with Crippen molar-refractivity contribution in [2.45, 2.75) is 17.2 Å². The largest absolute Gasteiger partial charge is 0.495 e. The van der Waals surface area contributed by atoms with Gasteiger partial charge in [-0.05, 0) is 48.0 Å². The quantitative estimate of drug-likeness (QED) is 0.510. The maximum atomic E-state index is 13.5. The molecule has 0 fully saturated rings. The minimum atomic E-state index is -3.98. The number of hydrogen-bond acceptors (Lipinski definition) is 5. The van der Waals surface area contributed by atoms with E-state index >= 15 is 0 Å². The number of benzene rings is 3. The lowest BCUT2D eigenvalue weighted by Gasteiger charge is -2.25.